The first-order chi connectivity index (χ1) is 9.95. The largest absolute Gasteiger partial charge is 0.342 e. The summed E-state index contributed by atoms with van der Waals surface area (Å²) in [4.78, 5) is 17.4. The van der Waals surface area contributed by atoms with Crippen LogP contribution in [0.5, 0.6) is 0 Å². The zero-order chi connectivity index (χ0) is 15.0. The fourth-order valence-corrected chi connectivity index (χ4v) is 3.30. The SMILES string of the molecule is CC(C)(NC(=O)c1cnc(C2CC2)s1)c1ccc(Cl)cc1. The van der Waals surface area contributed by atoms with Crippen LogP contribution in [0.3, 0.4) is 0 Å². The van der Waals surface area contributed by atoms with Gasteiger partial charge in [0.2, 0.25) is 0 Å². The van der Waals surface area contributed by atoms with E-state index in [-0.39, 0.29) is 5.91 Å². The maximum atomic E-state index is 12.4. The second-order valence-electron chi connectivity index (χ2n) is 5.92. The first kappa shape index (κ1) is 14.5. The van der Waals surface area contributed by atoms with E-state index >= 15 is 0 Å². The van der Waals surface area contributed by atoms with E-state index in [0.29, 0.717) is 15.8 Å². The van der Waals surface area contributed by atoms with Crippen LogP contribution in [0.1, 0.15) is 52.8 Å². The molecular weight excluding hydrogens is 304 g/mol. The first-order valence-corrected chi connectivity index (χ1v) is 8.19. The molecule has 1 heterocycles. The van der Waals surface area contributed by atoms with Gasteiger partial charge in [0, 0.05) is 10.9 Å². The molecular formula is C16H17ClN2OS. The molecule has 21 heavy (non-hydrogen) atoms. The van der Waals surface area contributed by atoms with Gasteiger partial charge >= 0.3 is 0 Å². The Labute approximate surface area is 133 Å². The fourth-order valence-electron chi connectivity index (χ4n) is 2.20. The second-order valence-corrected chi connectivity index (χ2v) is 7.42. The zero-order valence-electron chi connectivity index (χ0n) is 12.0. The monoisotopic (exact) mass is 320 g/mol. The Morgan fingerprint density at radius 2 is 2.00 bits per heavy atom. The summed E-state index contributed by atoms with van der Waals surface area (Å²) >= 11 is 7.41. The molecule has 1 aliphatic rings. The molecule has 3 rings (SSSR count). The summed E-state index contributed by atoms with van der Waals surface area (Å²) in [5, 5.41) is 4.85. The predicted molar refractivity (Wildman–Crippen MR) is 86.0 cm³/mol. The molecule has 1 aliphatic carbocycles. The van der Waals surface area contributed by atoms with Crippen molar-refractivity contribution < 1.29 is 4.79 Å². The van der Waals surface area contributed by atoms with E-state index in [1.807, 2.05) is 38.1 Å². The number of amides is 1. The molecule has 0 saturated heterocycles. The highest BCUT2D eigenvalue weighted by atomic mass is 35.5. The van der Waals surface area contributed by atoms with Gasteiger partial charge in [-0.15, -0.1) is 11.3 Å². The molecule has 1 N–H and O–H groups in total. The molecule has 3 nitrogen and oxygen atoms in total. The summed E-state index contributed by atoms with van der Waals surface area (Å²) in [6, 6.07) is 7.54. The number of aromatic nitrogens is 1. The minimum Gasteiger partial charge on any atom is -0.342 e. The Hall–Kier alpha value is -1.39. The van der Waals surface area contributed by atoms with Gasteiger partial charge in [0.15, 0.2) is 0 Å². The van der Waals surface area contributed by atoms with Crippen LogP contribution in [-0.4, -0.2) is 10.9 Å². The first-order valence-electron chi connectivity index (χ1n) is 7.00. The van der Waals surface area contributed by atoms with Crippen molar-refractivity contribution in [2.45, 2.75) is 38.1 Å². The van der Waals surface area contributed by atoms with E-state index < -0.39 is 5.54 Å². The predicted octanol–water partition coefficient (Wildman–Crippen LogP) is 4.34. The summed E-state index contributed by atoms with van der Waals surface area (Å²) in [6.45, 7) is 3.97. The number of carbonyl (C=O) groups is 1. The molecule has 0 aliphatic heterocycles. The maximum Gasteiger partial charge on any atom is 0.263 e. The number of nitrogens with zero attached hydrogens (tertiary/aromatic N) is 1. The van der Waals surface area contributed by atoms with Crippen molar-refractivity contribution in [1.82, 2.24) is 10.3 Å². The zero-order valence-corrected chi connectivity index (χ0v) is 13.6. The van der Waals surface area contributed by atoms with E-state index in [9.17, 15) is 4.79 Å². The van der Waals surface area contributed by atoms with Crippen molar-refractivity contribution in [3.05, 3.63) is 50.9 Å². The van der Waals surface area contributed by atoms with Crippen LogP contribution in [-0.2, 0) is 5.54 Å². The molecule has 5 heteroatoms. The van der Waals surface area contributed by atoms with Crippen LogP contribution in [0.2, 0.25) is 5.02 Å². The molecule has 0 atom stereocenters. The Morgan fingerprint density at radius 1 is 1.33 bits per heavy atom. The quantitative estimate of drug-likeness (QED) is 0.910. The molecule has 1 aromatic carbocycles. The number of hydrogen-bond donors (Lipinski definition) is 1. The lowest BCUT2D eigenvalue weighted by molar-refractivity contribution is 0.0916. The van der Waals surface area contributed by atoms with Crippen molar-refractivity contribution in [3.63, 3.8) is 0 Å². The molecule has 0 radical (unpaired) electrons. The Bertz CT molecular complexity index is 659. The molecule has 1 aromatic heterocycles. The van der Waals surface area contributed by atoms with E-state index in [2.05, 4.69) is 10.3 Å². The Balaban J connectivity index is 1.73. The van der Waals surface area contributed by atoms with Crippen LogP contribution in [0.15, 0.2) is 30.5 Å². The van der Waals surface area contributed by atoms with Crippen molar-refractivity contribution in [2.24, 2.45) is 0 Å². The molecule has 1 amide bonds. The van der Waals surface area contributed by atoms with Gasteiger partial charge in [-0.3, -0.25) is 4.79 Å². The summed E-state index contributed by atoms with van der Waals surface area (Å²) in [6.07, 6.45) is 4.08. The molecule has 0 bridgehead atoms. The van der Waals surface area contributed by atoms with Crippen LogP contribution in [0.4, 0.5) is 0 Å². The summed E-state index contributed by atoms with van der Waals surface area (Å²) in [5.41, 5.74) is 0.568. The Kier molecular flexibility index (Phi) is 3.76. The minimum atomic E-state index is -0.453. The lowest BCUT2D eigenvalue weighted by Crippen LogP contribution is -2.40. The normalized spacial score (nSPS) is 15.0. The maximum absolute atomic E-state index is 12.4. The molecule has 110 valence electrons. The number of hydrogen-bond acceptors (Lipinski definition) is 3. The van der Waals surface area contributed by atoms with Gasteiger partial charge in [0.1, 0.15) is 4.88 Å². The van der Waals surface area contributed by atoms with E-state index in [0.717, 1.165) is 10.6 Å². The molecule has 1 saturated carbocycles. The molecule has 1 fully saturated rings. The third-order valence-electron chi connectivity index (χ3n) is 3.67. The topological polar surface area (TPSA) is 42.0 Å². The third kappa shape index (κ3) is 3.27. The van der Waals surface area contributed by atoms with Gasteiger partial charge in [0.25, 0.3) is 5.91 Å². The average molecular weight is 321 g/mol. The van der Waals surface area contributed by atoms with Crippen molar-refractivity contribution in [1.29, 1.82) is 0 Å². The highest BCUT2D eigenvalue weighted by molar-refractivity contribution is 7.13. The summed E-state index contributed by atoms with van der Waals surface area (Å²) in [7, 11) is 0. The highest BCUT2D eigenvalue weighted by Crippen LogP contribution is 2.41. The van der Waals surface area contributed by atoms with Gasteiger partial charge in [-0.25, -0.2) is 4.98 Å². The van der Waals surface area contributed by atoms with Crippen LogP contribution in [0, 0.1) is 0 Å². The molecule has 0 unspecified atom stereocenters. The average Bonchev–Trinajstić information content (AvgIpc) is 3.16. The lowest BCUT2D eigenvalue weighted by Gasteiger charge is -2.26. The standard InChI is InChI=1S/C16H17ClN2OS/c1-16(2,11-5-7-12(17)8-6-11)19-14(20)13-9-18-15(21-13)10-3-4-10/h5-10H,3-4H2,1-2H3,(H,19,20). The summed E-state index contributed by atoms with van der Waals surface area (Å²) in [5.74, 6) is 0.514. The number of carbonyl (C=O) groups excluding carboxylic acids is 1. The van der Waals surface area contributed by atoms with Gasteiger partial charge in [-0.2, -0.15) is 0 Å². The minimum absolute atomic E-state index is 0.0700. The van der Waals surface area contributed by atoms with E-state index in [1.165, 1.54) is 24.2 Å². The fraction of sp³-hybridized carbons (Fsp3) is 0.375. The van der Waals surface area contributed by atoms with Crippen molar-refractivity contribution in [2.75, 3.05) is 0 Å². The number of halogens is 1. The van der Waals surface area contributed by atoms with E-state index in [4.69, 9.17) is 11.6 Å². The smallest absolute Gasteiger partial charge is 0.263 e. The van der Waals surface area contributed by atoms with Crippen LogP contribution in [0.25, 0.3) is 0 Å². The number of nitrogens with one attached hydrogen (secondary N) is 1. The number of benzene rings is 1. The van der Waals surface area contributed by atoms with Crippen LogP contribution < -0.4 is 5.32 Å². The number of thiazole rings is 1. The van der Waals surface area contributed by atoms with Gasteiger partial charge in [-0.1, -0.05) is 23.7 Å². The molecule has 0 spiro atoms. The van der Waals surface area contributed by atoms with Crippen LogP contribution >= 0.6 is 22.9 Å². The van der Waals surface area contributed by atoms with Gasteiger partial charge < -0.3 is 5.32 Å². The second kappa shape index (κ2) is 5.43. The van der Waals surface area contributed by atoms with Crippen molar-refractivity contribution in [3.8, 4) is 0 Å². The lowest BCUT2D eigenvalue weighted by atomic mass is 9.94. The van der Waals surface area contributed by atoms with Gasteiger partial charge in [0.05, 0.1) is 16.7 Å². The highest BCUT2D eigenvalue weighted by Gasteiger charge is 2.29. The Morgan fingerprint density at radius 3 is 2.62 bits per heavy atom. The van der Waals surface area contributed by atoms with Crippen molar-refractivity contribution >= 4 is 28.8 Å². The van der Waals surface area contributed by atoms with Gasteiger partial charge in [-0.05, 0) is 44.4 Å². The number of rotatable bonds is 4. The summed E-state index contributed by atoms with van der Waals surface area (Å²) < 4.78 is 0. The molecule has 2 aromatic rings. The third-order valence-corrected chi connectivity index (χ3v) is 5.08. The van der Waals surface area contributed by atoms with E-state index in [1.54, 1.807) is 6.20 Å².